The molecule has 2 atom stereocenters. The van der Waals surface area contributed by atoms with Crippen molar-refractivity contribution in [2.45, 2.75) is 31.0 Å². The van der Waals surface area contributed by atoms with E-state index in [2.05, 4.69) is 15.3 Å². The minimum absolute atomic E-state index is 0.00185. The smallest absolute Gasteiger partial charge is 0.252 e. The average Bonchev–Trinajstić information content (AvgIpc) is 3.42. The third-order valence-electron chi connectivity index (χ3n) is 7.33. The van der Waals surface area contributed by atoms with Crippen LogP contribution in [0.25, 0.3) is 10.4 Å². The van der Waals surface area contributed by atoms with Crippen molar-refractivity contribution >= 4 is 40.7 Å². The van der Waals surface area contributed by atoms with E-state index in [0.717, 1.165) is 12.1 Å². The van der Waals surface area contributed by atoms with E-state index in [-0.39, 0.29) is 41.7 Å². The lowest BCUT2D eigenvalue weighted by Gasteiger charge is -2.31. The van der Waals surface area contributed by atoms with Crippen LogP contribution in [0, 0.1) is 11.6 Å². The van der Waals surface area contributed by atoms with E-state index in [1.165, 1.54) is 12.1 Å². The maximum absolute atomic E-state index is 14.6. The summed E-state index contributed by atoms with van der Waals surface area (Å²) in [6, 6.07) is 21.4. The highest BCUT2D eigenvalue weighted by Gasteiger charge is 2.54. The normalized spacial score (nSPS) is 17.1. The van der Waals surface area contributed by atoms with Gasteiger partial charge in [0.2, 0.25) is 5.90 Å². The molecule has 0 aromatic heterocycles. The molecule has 1 amide bonds. The molecule has 0 radical (unpaired) electrons. The molecule has 0 unspecified atom stereocenters. The number of amides is 1. The Morgan fingerprint density at radius 2 is 1.85 bits per heavy atom. The highest BCUT2D eigenvalue weighted by atomic mass is 35.5. The predicted molar refractivity (Wildman–Crippen MR) is 170 cm³/mol. The topological polar surface area (TPSA) is 129 Å². The second-order valence-corrected chi connectivity index (χ2v) is 11.2. The van der Waals surface area contributed by atoms with Gasteiger partial charge in [-0.25, -0.2) is 13.8 Å². The number of hydrogen-bond acceptors (Lipinski definition) is 6. The fourth-order valence-electron chi connectivity index (χ4n) is 5.06. The number of benzene rings is 4. The molecule has 0 bridgehead atoms. The maximum atomic E-state index is 14.6. The summed E-state index contributed by atoms with van der Waals surface area (Å²) in [5.41, 5.74) is 9.19. The SMILES string of the molecule is [N-]=[N+]=Nc1ccccc1C[C@@]1(C(=O)NCc2ccc(F)cc2F)N=C(c2ccc(OCCCO)cc2)O[C@@H]1c1ccc(Cl)cc1Cl. The molecule has 1 heterocycles. The lowest BCUT2D eigenvalue weighted by molar-refractivity contribution is -0.129. The molecular formula is C33H27Cl2F2N5O4. The van der Waals surface area contributed by atoms with Crippen molar-refractivity contribution in [3.05, 3.63) is 139 Å². The van der Waals surface area contributed by atoms with Gasteiger partial charge in [-0.1, -0.05) is 64.7 Å². The van der Waals surface area contributed by atoms with Crippen molar-refractivity contribution in [2.75, 3.05) is 13.2 Å². The third-order valence-corrected chi connectivity index (χ3v) is 7.90. The number of rotatable bonds is 12. The molecule has 13 heteroatoms. The van der Waals surface area contributed by atoms with Gasteiger partial charge in [0.1, 0.15) is 17.4 Å². The Labute approximate surface area is 273 Å². The van der Waals surface area contributed by atoms with Gasteiger partial charge in [0.05, 0.1) is 6.61 Å². The van der Waals surface area contributed by atoms with Crippen molar-refractivity contribution < 1.29 is 28.2 Å². The van der Waals surface area contributed by atoms with Crippen molar-refractivity contribution in [2.24, 2.45) is 10.1 Å². The first-order valence-corrected chi connectivity index (χ1v) is 14.9. The minimum atomic E-state index is -1.76. The zero-order valence-corrected chi connectivity index (χ0v) is 25.7. The van der Waals surface area contributed by atoms with E-state index in [0.29, 0.717) is 40.5 Å². The van der Waals surface area contributed by atoms with Crippen LogP contribution >= 0.6 is 23.2 Å². The summed E-state index contributed by atoms with van der Waals surface area (Å²) >= 11 is 12.9. The zero-order chi connectivity index (χ0) is 32.7. The molecule has 0 spiro atoms. The number of carbonyl (C=O) groups is 1. The van der Waals surface area contributed by atoms with Crippen LogP contribution in [-0.2, 0) is 22.5 Å². The van der Waals surface area contributed by atoms with Crippen LogP contribution in [0.2, 0.25) is 10.0 Å². The molecule has 4 aromatic rings. The van der Waals surface area contributed by atoms with Crippen LogP contribution in [0.5, 0.6) is 5.75 Å². The molecule has 4 aromatic carbocycles. The average molecular weight is 667 g/mol. The molecule has 0 aliphatic carbocycles. The Bertz CT molecular complexity index is 1820. The fraction of sp³-hybridized carbons (Fsp3) is 0.212. The van der Waals surface area contributed by atoms with E-state index in [1.54, 1.807) is 60.7 Å². The number of azide groups is 1. The van der Waals surface area contributed by atoms with Gasteiger partial charge in [-0.05, 0) is 53.6 Å². The largest absolute Gasteiger partial charge is 0.494 e. The van der Waals surface area contributed by atoms with Gasteiger partial charge >= 0.3 is 0 Å². The number of aliphatic hydroxyl groups is 1. The van der Waals surface area contributed by atoms with Gasteiger partial charge in [0, 0.05) is 69.4 Å². The molecular weight excluding hydrogens is 639 g/mol. The van der Waals surface area contributed by atoms with Crippen LogP contribution in [0.1, 0.15) is 34.8 Å². The Morgan fingerprint density at radius 1 is 1.07 bits per heavy atom. The Morgan fingerprint density at radius 3 is 2.57 bits per heavy atom. The summed E-state index contributed by atoms with van der Waals surface area (Å²) in [5.74, 6) is -1.56. The summed E-state index contributed by atoms with van der Waals surface area (Å²) in [4.78, 5) is 22.2. The Hall–Kier alpha value is -4.67. The molecule has 236 valence electrons. The molecule has 2 N–H and O–H groups in total. The zero-order valence-electron chi connectivity index (χ0n) is 24.2. The van der Waals surface area contributed by atoms with E-state index >= 15 is 0 Å². The first-order valence-electron chi connectivity index (χ1n) is 14.1. The van der Waals surface area contributed by atoms with Gasteiger partial charge in [-0.2, -0.15) is 0 Å². The van der Waals surface area contributed by atoms with Gasteiger partial charge in [0.25, 0.3) is 5.91 Å². The number of aliphatic imine (C=N–C) groups is 1. The molecule has 9 nitrogen and oxygen atoms in total. The van der Waals surface area contributed by atoms with Crippen LogP contribution in [0.4, 0.5) is 14.5 Å². The molecule has 0 fully saturated rings. The quantitative estimate of drug-likeness (QED) is 0.0692. The first-order chi connectivity index (χ1) is 22.2. The van der Waals surface area contributed by atoms with E-state index in [4.69, 9.17) is 42.8 Å². The summed E-state index contributed by atoms with van der Waals surface area (Å²) in [6.07, 6.45) is -0.766. The van der Waals surface area contributed by atoms with Crippen molar-refractivity contribution in [3.63, 3.8) is 0 Å². The van der Waals surface area contributed by atoms with E-state index in [1.807, 2.05) is 0 Å². The monoisotopic (exact) mass is 665 g/mol. The molecule has 5 rings (SSSR count). The van der Waals surface area contributed by atoms with Crippen LogP contribution in [-0.4, -0.2) is 35.7 Å². The molecule has 0 saturated carbocycles. The lowest BCUT2D eigenvalue weighted by atomic mass is 9.81. The van der Waals surface area contributed by atoms with E-state index < -0.39 is 29.2 Å². The second kappa shape index (κ2) is 14.6. The van der Waals surface area contributed by atoms with Gasteiger partial charge < -0.3 is 19.9 Å². The minimum Gasteiger partial charge on any atom is -0.494 e. The van der Waals surface area contributed by atoms with Crippen LogP contribution in [0.3, 0.4) is 0 Å². The highest BCUT2D eigenvalue weighted by Crippen LogP contribution is 2.46. The fourth-order valence-corrected chi connectivity index (χ4v) is 5.57. The predicted octanol–water partition coefficient (Wildman–Crippen LogP) is 7.79. The summed E-state index contributed by atoms with van der Waals surface area (Å²) in [5, 5.41) is 16.2. The number of hydrogen-bond donors (Lipinski definition) is 2. The third kappa shape index (κ3) is 7.24. The molecule has 1 aliphatic rings. The van der Waals surface area contributed by atoms with Crippen LogP contribution < -0.4 is 10.1 Å². The molecule has 46 heavy (non-hydrogen) atoms. The van der Waals surface area contributed by atoms with E-state index in [9.17, 15) is 19.1 Å². The highest BCUT2D eigenvalue weighted by molar-refractivity contribution is 6.35. The summed E-state index contributed by atoms with van der Waals surface area (Å²) in [7, 11) is 0. The number of aliphatic hydroxyl groups excluding tert-OH is 1. The summed E-state index contributed by atoms with van der Waals surface area (Å²) in [6.45, 7) is 0.0432. The van der Waals surface area contributed by atoms with Crippen molar-refractivity contribution in [1.82, 2.24) is 5.32 Å². The van der Waals surface area contributed by atoms with Crippen molar-refractivity contribution in [1.29, 1.82) is 0 Å². The maximum Gasteiger partial charge on any atom is 0.252 e. The van der Waals surface area contributed by atoms with Gasteiger partial charge in [-0.3, -0.25) is 4.79 Å². The molecule has 0 saturated heterocycles. The number of nitrogens with zero attached hydrogens (tertiary/aromatic N) is 4. The number of carbonyl (C=O) groups excluding carboxylic acids is 1. The number of nitrogens with one attached hydrogen (secondary N) is 1. The van der Waals surface area contributed by atoms with Crippen molar-refractivity contribution in [3.8, 4) is 5.75 Å². The Balaban J connectivity index is 1.62. The van der Waals surface area contributed by atoms with Crippen LogP contribution in [0.15, 0.2) is 95.0 Å². The number of halogens is 4. The first kappa shape index (κ1) is 32.7. The lowest BCUT2D eigenvalue weighted by Crippen LogP contribution is -2.49. The second-order valence-electron chi connectivity index (χ2n) is 10.4. The summed E-state index contributed by atoms with van der Waals surface area (Å²) < 4.78 is 40.2. The standard InChI is InChI=1S/C33H27Cl2F2N5O4/c34-23-9-13-26(27(35)16-23)30-33(18-21-4-1-2-5-29(21)41-42-38,32(44)39-19-22-6-10-24(36)17-28(22)37)40-31(46-30)20-7-11-25(12-8-20)45-15-3-14-43/h1-2,4-13,16-17,30,43H,3,14-15,18-19H2,(H,39,44)/t30-,33-/m1/s1. The molecule has 1 aliphatic heterocycles. The van der Waals surface area contributed by atoms with Gasteiger partial charge in [-0.15, -0.1) is 0 Å². The Kier molecular flexibility index (Phi) is 10.4. The number of ether oxygens (including phenoxy) is 2. The van der Waals surface area contributed by atoms with Gasteiger partial charge in [0.15, 0.2) is 11.6 Å².